The first-order valence-corrected chi connectivity index (χ1v) is 11.5. The summed E-state index contributed by atoms with van der Waals surface area (Å²) < 4.78 is 0. The number of nitrogens with zero attached hydrogens (tertiary/aromatic N) is 1. The molecule has 0 spiro atoms. The maximum atomic E-state index is 13.3. The topological polar surface area (TPSA) is 61.7 Å². The first-order chi connectivity index (χ1) is 14.8. The number of fused-ring (bicyclic) bond motifs is 1. The van der Waals surface area contributed by atoms with E-state index in [1.165, 1.54) is 4.88 Å². The van der Waals surface area contributed by atoms with E-state index in [2.05, 4.69) is 31.1 Å². The summed E-state index contributed by atoms with van der Waals surface area (Å²) in [7, 11) is 0. The van der Waals surface area contributed by atoms with Crippen molar-refractivity contribution < 1.29 is 9.90 Å². The summed E-state index contributed by atoms with van der Waals surface area (Å²) >= 11 is 1.61. The molecule has 1 aliphatic rings. The van der Waals surface area contributed by atoms with Gasteiger partial charge >= 0.3 is 0 Å². The van der Waals surface area contributed by atoms with Gasteiger partial charge in [0.2, 0.25) is 0 Å². The third-order valence-electron chi connectivity index (χ3n) is 5.99. The summed E-state index contributed by atoms with van der Waals surface area (Å²) in [6, 6.07) is 16.6. The lowest BCUT2D eigenvalue weighted by Gasteiger charge is -2.33. The van der Waals surface area contributed by atoms with Gasteiger partial charge in [0.05, 0.1) is 5.56 Å². The number of benzene rings is 2. The molecule has 0 unspecified atom stereocenters. The highest BCUT2D eigenvalue weighted by atomic mass is 32.1. The van der Waals surface area contributed by atoms with Gasteiger partial charge < -0.3 is 10.4 Å². The highest BCUT2D eigenvalue weighted by Gasteiger charge is 2.33. The lowest BCUT2D eigenvalue weighted by molar-refractivity contribution is 0.102. The zero-order valence-electron chi connectivity index (χ0n) is 18.2. The van der Waals surface area contributed by atoms with Crippen molar-refractivity contribution in [2.75, 3.05) is 5.32 Å². The minimum Gasteiger partial charge on any atom is -0.507 e. The second-order valence-corrected chi connectivity index (χ2v) is 10.2. The van der Waals surface area contributed by atoms with Crippen molar-refractivity contribution in [3.05, 3.63) is 76.2 Å². The monoisotopic (exact) mass is 432 g/mol. The van der Waals surface area contributed by atoms with E-state index in [0.717, 1.165) is 30.5 Å². The predicted octanol–water partition coefficient (Wildman–Crippen LogP) is 6.61. The molecule has 1 atom stereocenters. The number of hydrogen-bond acceptors (Lipinski definition) is 4. The smallest absolute Gasteiger partial charge is 0.259 e. The zero-order valence-corrected chi connectivity index (χ0v) is 19.0. The van der Waals surface area contributed by atoms with Crippen molar-refractivity contribution in [1.82, 2.24) is 0 Å². The Hall–Kier alpha value is -2.92. The standard InChI is InChI=1S/C26H28N2O2S/c1-26(2,3)18-13-14-20-22(15-18)31-25(27-16-17-9-7-8-12-21(17)29)23(20)24(30)28-19-10-5-4-6-11-19/h4-12,16,18,29H,13-15H2,1-3H3,(H,28,30)/t18-/m1/s1. The molecule has 1 aliphatic carbocycles. The SMILES string of the molecule is CC(C)(C)[C@@H]1CCc2c(sc(N=Cc3ccccc3O)c2C(=O)Nc2ccccc2)C1. The molecule has 31 heavy (non-hydrogen) atoms. The Bertz CT molecular complexity index is 1110. The van der Waals surface area contributed by atoms with Gasteiger partial charge in [0, 0.05) is 22.3 Å². The molecule has 2 aromatic carbocycles. The van der Waals surface area contributed by atoms with Crippen molar-refractivity contribution in [3.63, 3.8) is 0 Å². The van der Waals surface area contributed by atoms with Crippen LogP contribution in [-0.2, 0) is 12.8 Å². The van der Waals surface area contributed by atoms with Gasteiger partial charge in [0.25, 0.3) is 5.91 Å². The average molecular weight is 433 g/mol. The lowest BCUT2D eigenvalue weighted by atomic mass is 9.72. The number of aliphatic imine (C=N–C) groups is 1. The van der Waals surface area contributed by atoms with Crippen LogP contribution in [0.1, 0.15) is 53.6 Å². The van der Waals surface area contributed by atoms with E-state index in [9.17, 15) is 9.90 Å². The number of aromatic hydroxyl groups is 1. The molecule has 4 rings (SSSR count). The molecule has 1 aromatic heterocycles. The fourth-order valence-electron chi connectivity index (χ4n) is 4.08. The van der Waals surface area contributed by atoms with Gasteiger partial charge in [-0.3, -0.25) is 4.79 Å². The maximum absolute atomic E-state index is 13.3. The summed E-state index contributed by atoms with van der Waals surface area (Å²) in [5.74, 6) is 0.636. The van der Waals surface area contributed by atoms with Crippen LogP contribution in [0.2, 0.25) is 0 Å². The molecule has 0 fully saturated rings. The number of para-hydroxylation sites is 2. The fourth-order valence-corrected chi connectivity index (χ4v) is 5.34. The molecule has 0 saturated heterocycles. The molecule has 0 aliphatic heterocycles. The van der Waals surface area contributed by atoms with Gasteiger partial charge in [-0.1, -0.05) is 51.1 Å². The Labute approximate surface area is 187 Å². The number of phenols is 1. The van der Waals surface area contributed by atoms with Crippen LogP contribution in [0.5, 0.6) is 5.75 Å². The van der Waals surface area contributed by atoms with Gasteiger partial charge in [-0.25, -0.2) is 4.99 Å². The number of hydrogen-bond donors (Lipinski definition) is 2. The minimum absolute atomic E-state index is 0.123. The average Bonchev–Trinajstić information content (AvgIpc) is 3.11. The summed E-state index contributed by atoms with van der Waals surface area (Å²) in [4.78, 5) is 19.2. The van der Waals surface area contributed by atoms with Crippen LogP contribution in [-0.4, -0.2) is 17.2 Å². The number of carbonyl (C=O) groups is 1. The summed E-state index contributed by atoms with van der Waals surface area (Å²) in [5.41, 5.74) is 3.43. The second kappa shape index (κ2) is 8.67. The molecule has 160 valence electrons. The van der Waals surface area contributed by atoms with Crippen LogP contribution < -0.4 is 5.32 Å². The number of phenolic OH excluding ortho intramolecular Hbond substituents is 1. The summed E-state index contributed by atoms with van der Waals surface area (Å²) in [6.07, 6.45) is 4.58. The molecule has 1 amide bonds. The third kappa shape index (κ3) is 4.72. The number of thiophene rings is 1. The van der Waals surface area contributed by atoms with Crippen LogP contribution in [0, 0.1) is 11.3 Å². The molecule has 0 radical (unpaired) electrons. The molecule has 4 nitrogen and oxygen atoms in total. The van der Waals surface area contributed by atoms with Crippen molar-refractivity contribution in [1.29, 1.82) is 0 Å². The third-order valence-corrected chi connectivity index (χ3v) is 7.15. The van der Waals surface area contributed by atoms with E-state index in [-0.39, 0.29) is 17.1 Å². The molecule has 1 heterocycles. The highest BCUT2D eigenvalue weighted by Crippen LogP contribution is 2.45. The van der Waals surface area contributed by atoms with Gasteiger partial charge in [0.1, 0.15) is 10.8 Å². The molecular formula is C26H28N2O2S. The summed E-state index contributed by atoms with van der Waals surface area (Å²) in [5, 5.41) is 13.8. The fraction of sp³-hybridized carbons (Fsp3) is 0.308. The molecular weight excluding hydrogens is 404 g/mol. The number of carbonyl (C=O) groups excluding carboxylic acids is 1. The number of anilines is 1. The molecule has 3 aromatic rings. The van der Waals surface area contributed by atoms with E-state index in [1.54, 1.807) is 29.7 Å². The van der Waals surface area contributed by atoms with Crippen molar-refractivity contribution in [2.45, 2.75) is 40.0 Å². The van der Waals surface area contributed by atoms with Crippen LogP contribution in [0.25, 0.3) is 0 Å². The van der Waals surface area contributed by atoms with E-state index < -0.39 is 0 Å². The quantitative estimate of drug-likeness (QED) is 0.456. The van der Waals surface area contributed by atoms with E-state index >= 15 is 0 Å². The Kier molecular flexibility index (Phi) is 5.96. The zero-order chi connectivity index (χ0) is 22.0. The summed E-state index contributed by atoms with van der Waals surface area (Å²) in [6.45, 7) is 6.86. The first kappa shape index (κ1) is 21.3. The van der Waals surface area contributed by atoms with Crippen molar-refractivity contribution >= 4 is 34.1 Å². The van der Waals surface area contributed by atoms with E-state index in [1.807, 2.05) is 42.5 Å². The Morgan fingerprint density at radius 2 is 1.84 bits per heavy atom. The predicted molar refractivity (Wildman–Crippen MR) is 129 cm³/mol. The van der Waals surface area contributed by atoms with E-state index in [4.69, 9.17) is 0 Å². The van der Waals surface area contributed by atoms with Gasteiger partial charge in [-0.2, -0.15) is 0 Å². The molecule has 0 saturated carbocycles. The lowest BCUT2D eigenvalue weighted by Crippen LogP contribution is -2.27. The Morgan fingerprint density at radius 1 is 1.13 bits per heavy atom. The Balaban J connectivity index is 1.72. The normalized spacial score (nSPS) is 16.3. The molecule has 5 heteroatoms. The largest absolute Gasteiger partial charge is 0.507 e. The van der Waals surface area contributed by atoms with E-state index in [0.29, 0.717) is 22.0 Å². The van der Waals surface area contributed by atoms with Crippen LogP contribution >= 0.6 is 11.3 Å². The molecule has 0 bridgehead atoms. The first-order valence-electron chi connectivity index (χ1n) is 10.7. The van der Waals surface area contributed by atoms with Crippen LogP contribution in [0.3, 0.4) is 0 Å². The molecule has 2 N–H and O–H groups in total. The van der Waals surface area contributed by atoms with Gasteiger partial charge in [-0.05, 0) is 60.4 Å². The number of amides is 1. The second-order valence-electron chi connectivity index (χ2n) is 9.13. The highest BCUT2D eigenvalue weighted by molar-refractivity contribution is 7.16. The maximum Gasteiger partial charge on any atom is 0.259 e. The van der Waals surface area contributed by atoms with Crippen molar-refractivity contribution in [2.24, 2.45) is 16.3 Å². The van der Waals surface area contributed by atoms with Gasteiger partial charge in [0.15, 0.2) is 0 Å². The minimum atomic E-state index is -0.123. The number of nitrogens with one attached hydrogen (secondary N) is 1. The van der Waals surface area contributed by atoms with Crippen LogP contribution in [0.15, 0.2) is 59.6 Å². The number of rotatable bonds is 4. The van der Waals surface area contributed by atoms with Crippen molar-refractivity contribution in [3.8, 4) is 5.75 Å². The Morgan fingerprint density at radius 3 is 2.55 bits per heavy atom. The van der Waals surface area contributed by atoms with Crippen LogP contribution in [0.4, 0.5) is 10.7 Å². The van der Waals surface area contributed by atoms with Gasteiger partial charge in [-0.15, -0.1) is 11.3 Å².